The second-order valence-corrected chi connectivity index (χ2v) is 9.91. The molecule has 2 aliphatic carbocycles. The van der Waals surface area contributed by atoms with Gasteiger partial charge in [0.1, 0.15) is 12.2 Å². The van der Waals surface area contributed by atoms with Crippen LogP contribution in [0, 0.1) is 18.9 Å². The van der Waals surface area contributed by atoms with E-state index in [1.165, 1.54) is 12.8 Å². The maximum atomic E-state index is 13.4. The molecule has 1 aromatic heterocycles. The maximum absolute atomic E-state index is 13.4. The van der Waals surface area contributed by atoms with E-state index >= 15 is 0 Å². The van der Waals surface area contributed by atoms with Crippen LogP contribution in [-0.4, -0.2) is 38.3 Å². The van der Waals surface area contributed by atoms with Gasteiger partial charge < -0.3 is 10.0 Å². The fourth-order valence-electron chi connectivity index (χ4n) is 4.97. The van der Waals surface area contributed by atoms with Gasteiger partial charge in [-0.25, -0.2) is 0 Å². The van der Waals surface area contributed by atoms with Crippen molar-refractivity contribution in [2.75, 3.05) is 6.54 Å². The van der Waals surface area contributed by atoms with Gasteiger partial charge in [-0.15, -0.1) is 5.56 Å². The van der Waals surface area contributed by atoms with Gasteiger partial charge in [-0.05, 0) is 44.1 Å². The minimum absolute atomic E-state index is 0. The van der Waals surface area contributed by atoms with Crippen molar-refractivity contribution in [3.05, 3.63) is 52.8 Å². The van der Waals surface area contributed by atoms with Crippen LogP contribution < -0.4 is 0 Å². The van der Waals surface area contributed by atoms with Crippen LogP contribution >= 0.6 is 0 Å². The van der Waals surface area contributed by atoms with Crippen molar-refractivity contribution < 1.29 is 40.4 Å². The smallest absolute Gasteiger partial charge is 0.393 e. The Bertz CT molecular complexity index is 1000. The Morgan fingerprint density at radius 2 is 1.86 bits per heavy atom. The zero-order valence-corrected chi connectivity index (χ0v) is 21.5. The molecule has 1 amide bonds. The van der Waals surface area contributed by atoms with Crippen molar-refractivity contribution in [1.82, 2.24) is 14.7 Å². The minimum atomic E-state index is -4.53. The molecule has 5 rings (SSSR count). The molecule has 1 aromatic carbocycles. The topological polar surface area (TPSA) is 58.4 Å². The number of hydrogen-bond donors (Lipinski definition) is 1. The molecule has 2 aromatic rings. The molecule has 5 nitrogen and oxygen atoms in total. The number of aryl methyl sites for hydroxylation is 1. The van der Waals surface area contributed by atoms with Crippen molar-refractivity contribution in [2.45, 2.75) is 89.6 Å². The Kier molecular flexibility index (Phi) is 9.12. The van der Waals surface area contributed by atoms with Gasteiger partial charge in [0, 0.05) is 35.9 Å². The third kappa shape index (κ3) is 6.90. The molecule has 2 saturated carbocycles. The molecule has 192 valence electrons. The van der Waals surface area contributed by atoms with Crippen LogP contribution in [0.1, 0.15) is 86.3 Å². The van der Waals surface area contributed by atoms with E-state index in [1.54, 1.807) is 4.90 Å². The van der Waals surface area contributed by atoms with Gasteiger partial charge in [0.15, 0.2) is 0 Å². The SMILES string of the molecule is Cc1[c-]c([C@H]2[C@@H](C)CCN2C(=O)Cn2nc(C3CC3)cc2C(F)(F)F)ccc1.OC1CCCC1.[Cr]. The average molecular weight is 529 g/mol. The molecule has 2 heterocycles. The maximum Gasteiger partial charge on any atom is 0.433 e. The summed E-state index contributed by atoms with van der Waals surface area (Å²) in [5.41, 5.74) is 1.49. The summed E-state index contributed by atoms with van der Waals surface area (Å²) in [4.78, 5) is 14.7. The first-order valence-corrected chi connectivity index (χ1v) is 12.2. The van der Waals surface area contributed by atoms with E-state index in [0.29, 0.717) is 12.2 Å². The molecule has 3 fully saturated rings. The Morgan fingerprint density at radius 3 is 2.40 bits per heavy atom. The summed E-state index contributed by atoms with van der Waals surface area (Å²) in [6.45, 7) is 4.14. The van der Waals surface area contributed by atoms with Gasteiger partial charge >= 0.3 is 6.18 Å². The first kappa shape index (κ1) is 27.8. The summed E-state index contributed by atoms with van der Waals surface area (Å²) in [6, 6.07) is 10.0. The van der Waals surface area contributed by atoms with Gasteiger partial charge in [0.05, 0.1) is 11.8 Å². The Balaban J connectivity index is 0.000000429. The minimum Gasteiger partial charge on any atom is -0.393 e. The van der Waals surface area contributed by atoms with Gasteiger partial charge in [-0.2, -0.15) is 48.1 Å². The number of carbonyl (C=O) groups excluding carboxylic acids is 1. The quantitative estimate of drug-likeness (QED) is 0.540. The van der Waals surface area contributed by atoms with Crippen molar-refractivity contribution in [2.24, 2.45) is 5.92 Å². The predicted molar refractivity (Wildman–Crippen MR) is 122 cm³/mol. The molecule has 3 aliphatic rings. The third-order valence-corrected chi connectivity index (χ3v) is 7.00. The molecule has 0 radical (unpaired) electrons. The number of alkyl halides is 3. The molecule has 0 spiro atoms. The van der Waals surface area contributed by atoms with Gasteiger partial charge in [-0.1, -0.05) is 26.7 Å². The van der Waals surface area contributed by atoms with Crippen LogP contribution in [0.25, 0.3) is 0 Å². The van der Waals surface area contributed by atoms with Gasteiger partial charge in [-0.3, -0.25) is 9.48 Å². The number of aliphatic hydroxyl groups excluding tert-OH is 1. The molecule has 0 unspecified atom stereocenters. The third-order valence-electron chi connectivity index (χ3n) is 7.00. The zero-order valence-electron chi connectivity index (χ0n) is 20.2. The number of aliphatic hydroxyl groups is 1. The Labute approximate surface area is 215 Å². The summed E-state index contributed by atoms with van der Waals surface area (Å²) in [5.74, 6) is -0.0113. The van der Waals surface area contributed by atoms with Crippen molar-refractivity contribution in [3.8, 4) is 0 Å². The number of rotatable bonds is 4. The molecule has 1 N–H and O–H groups in total. The molecule has 9 heteroatoms. The van der Waals surface area contributed by atoms with Crippen molar-refractivity contribution in [3.63, 3.8) is 0 Å². The van der Waals surface area contributed by atoms with Crippen LogP contribution in [-0.2, 0) is 34.9 Å². The van der Waals surface area contributed by atoms with E-state index in [-0.39, 0.29) is 47.2 Å². The fraction of sp³-hybridized carbons (Fsp3) is 0.615. The normalized spacial score (nSPS) is 22.5. The van der Waals surface area contributed by atoms with Crippen LogP contribution in [0.5, 0.6) is 0 Å². The number of hydrogen-bond acceptors (Lipinski definition) is 3. The predicted octanol–water partition coefficient (Wildman–Crippen LogP) is 5.42. The number of carbonyl (C=O) groups is 1. The Hall–Kier alpha value is -1.82. The van der Waals surface area contributed by atoms with Gasteiger partial charge in [0.2, 0.25) is 5.91 Å². The summed E-state index contributed by atoms with van der Waals surface area (Å²) < 4.78 is 41.1. The van der Waals surface area contributed by atoms with Crippen LogP contribution in [0.15, 0.2) is 24.3 Å². The molecule has 2 atom stereocenters. The van der Waals surface area contributed by atoms with Crippen LogP contribution in [0.4, 0.5) is 13.2 Å². The zero-order chi connectivity index (χ0) is 24.5. The van der Waals surface area contributed by atoms with Crippen LogP contribution in [0.2, 0.25) is 0 Å². The monoisotopic (exact) mass is 528 g/mol. The van der Waals surface area contributed by atoms with E-state index in [0.717, 1.165) is 54.0 Å². The second-order valence-electron chi connectivity index (χ2n) is 9.91. The number of benzene rings is 1. The van der Waals surface area contributed by atoms with E-state index in [1.807, 2.05) is 25.1 Å². The van der Waals surface area contributed by atoms with E-state index < -0.39 is 18.4 Å². The van der Waals surface area contributed by atoms with Crippen LogP contribution in [0.3, 0.4) is 0 Å². The number of aromatic nitrogens is 2. The first-order valence-electron chi connectivity index (χ1n) is 12.2. The summed E-state index contributed by atoms with van der Waals surface area (Å²) in [7, 11) is 0. The summed E-state index contributed by atoms with van der Waals surface area (Å²) in [6.07, 6.45) is 2.61. The molecule has 1 saturated heterocycles. The largest absolute Gasteiger partial charge is 0.433 e. The van der Waals surface area contributed by atoms with Crippen molar-refractivity contribution in [1.29, 1.82) is 0 Å². The summed E-state index contributed by atoms with van der Waals surface area (Å²) >= 11 is 0. The molecular weight excluding hydrogens is 495 g/mol. The standard InChI is InChI=1S/C21H23F3N3O.C5H10O.Cr/c1-13-4-3-5-16(10-13)20-14(2)8-9-26(20)19(28)12-27-18(21(22,23)24)11-17(25-27)15-6-7-15;6-5-3-1-2-4-5;/h3-5,11,14-15,20H,6-9,12H2,1-2H3;5-6H,1-4H2;/q-1;;/t14-,20+;;/m0../s1. The summed E-state index contributed by atoms with van der Waals surface area (Å²) in [5, 5.41) is 12.9. The van der Waals surface area contributed by atoms with Gasteiger partial charge in [0.25, 0.3) is 0 Å². The molecule has 1 aliphatic heterocycles. The number of amides is 1. The molecular formula is C26H33CrF3N3O2-. The number of likely N-dealkylation sites (tertiary alicyclic amines) is 1. The van der Waals surface area contributed by atoms with E-state index in [9.17, 15) is 18.0 Å². The van der Waals surface area contributed by atoms with Crippen molar-refractivity contribution >= 4 is 5.91 Å². The second kappa shape index (κ2) is 11.5. The Morgan fingerprint density at radius 1 is 1.17 bits per heavy atom. The first-order chi connectivity index (χ1) is 16.1. The number of halogens is 3. The molecule has 0 bridgehead atoms. The molecule has 35 heavy (non-hydrogen) atoms. The van der Waals surface area contributed by atoms with E-state index in [2.05, 4.69) is 18.1 Å². The average Bonchev–Trinajstić information content (AvgIpc) is 3.14. The fourth-order valence-corrected chi connectivity index (χ4v) is 4.97. The number of nitrogens with zero attached hydrogens (tertiary/aromatic N) is 3. The van der Waals surface area contributed by atoms with E-state index in [4.69, 9.17) is 5.11 Å².